The summed E-state index contributed by atoms with van der Waals surface area (Å²) in [7, 11) is 1.81. The Bertz CT molecular complexity index is 807. The third-order valence-electron chi connectivity index (χ3n) is 7.76. The minimum absolute atomic E-state index is 0. The average Bonchev–Trinajstić information content (AvgIpc) is 2.61. The molecule has 5 heteroatoms. The van der Waals surface area contributed by atoms with Crippen LogP contribution < -0.4 is 0 Å². The topological polar surface area (TPSA) is 49.8 Å². The van der Waals surface area contributed by atoms with Gasteiger partial charge in [-0.3, -0.25) is 9.69 Å². The highest BCUT2D eigenvalue weighted by Gasteiger charge is 2.69. The number of carbonyl (C=O) groups excluding carboxylic acids is 1. The second-order valence-electron chi connectivity index (χ2n) is 9.26. The van der Waals surface area contributed by atoms with Crippen LogP contribution in [0.3, 0.4) is 0 Å². The van der Waals surface area contributed by atoms with E-state index in [0.717, 1.165) is 24.9 Å². The number of aromatic hydroxyl groups is 1. The number of fused-ring (bicyclic) bond motifs is 1. The van der Waals surface area contributed by atoms with Crippen LogP contribution in [0.5, 0.6) is 5.75 Å². The molecule has 4 rings (SSSR count). The molecule has 1 aliphatic heterocycles. The van der Waals surface area contributed by atoms with Gasteiger partial charge < -0.3 is 9.84 Å². The highest BCUT2D eigenvalue weighted by atomic mass is 35.5. The highest BCUT2D eigenvalue weighted by Crippen LogP contribution is 2.61. The quantitative estimate of drug-likeness (QED) is 0.771. The second kappa shape index (κ2) is 6.86. The summed E-state index contributed by atoms with van der Waals surface area (Å²) in [5, 5.41) is 10.2. The van der Waals surface area contributed by atoms with Crippen molar-refractivity contribution in [3.63, 3.8) is 0 Å². The van der Waals surface area contributed by atoms with Gasteiger partial charge in [0.15, 0.2) is 0 Å². The molecule has 2 aliphatic carbocycles. The Hall–Kier alpha value is -1.36. The predicted octanol–water partition coefficient (Wildman–Crippen LogP) is 4.03. The molecule has 1 aromatic carbocycles. The van der Waals surface area contributed by atoms with Crippen molar-refractivity contribution >= 4 is 18.2 Å². The molecule has 4 nitrogen and oxygen atoms in total. The molecule has 154 valence electrons. The molecule has 3 aliphatic rings. The van der Waals surface area contributed by atoms with Gasteiger partial charge >= 0.3 is 0 Å². The largest absolute Gasteiger partial charge is 0.508 e. The number of hydrogen-bond acceptors (Lipinski definition) is 4. The number of Topliss-reactive ketones (excluding diaryl/α,β-unsaturated/α-hetero) is 1. The fourth-order valence-corrected chi connectivity index (χ4v) is 6.58. The zero-order valence-electron chi connectivity index (χ0n) is 17.3. The Morgan fingerprint density at radius 1 is 1.36 bits per heavy atom. The van der Waals surface area contributed by atoms with E-state index in [1.807, 2.05) is 25.3 Å². The summed E-state index contributed by atoms with van der Waals surface area (Å²) >= 11 is 0. The molecule has 2 bridgehead atoms. The van der Waals surface area contributed by atoms with Crippen LogP contribution in [0.4, 0.5) is 0 Å². The molecule has 0 unspecified atom stereocenters. The minimum Gasteiger partial charge on any atom is -0.508 e. The van der Waals surface area contributed by atoms with E-state index >= 15 is 0 Å². The molecule has 0 radical (unpaired) electrons. The van der Waals surface area contributed by atoms with Crippen LogP contribution in [0, 0.1) is 5.92 Å². The first kappa shape index (κ1) is 21.4. The van der Waals surface area contributed by atoms with Crippen molar-refractivity contribution in [1.29, 1.82) is 0 Å². The molecular formula is C23H32ClNO3. The van der Waals surface area contributed by atoms with E-state index in [0.29, 0.717) is 18.6 Å². The van der Waals surface area contributed by atoms with Crippen molar-refractivity contribution in [1.82, 2.24) is 4.90 Å². The van der Waals surface area contributed by atoms with E-state index in [4.69, 9.17) is 4.74 Å². The molecule has 1 N–H and O–H groups in total. The maximum absolute atomic E-state index is 12.8. The van der Waals surface area contributed by atoms with E-state index in [2.05, 4.69) is 32.3 Å². The zero-order chi connectivity index (χ0) is 19.6. The lowest BCUT2D eigenvalue weighted by molar-refractivity contribution is -0.218. The zero-order valence-corrected chi connectivity index (χ0v) is 18.1. The van der Waals surface area contributed by atoms with E-state index in [9.17, 15) is 9.90 Å². The summed E-state index contributed by atoms with van der Waals surface area (Å²) < 4.78 is 6.46. The fourth-order valence-electron chi connectivity index (χ4n) is 6.58. The third kappa shape index (κ3) is 2.54. The van der Waals surface area contributed by atoms with Gasteiger partial charge in [0.1, 0.15) is 11.5 Å². The molecule has 4 atom stereocenters. The summed E-state index contributed by atoms with van der Waals surface area (Å²) in [5.41, 5.74) is 1.38. The lowest BCUT2D eigenvalue weighted by atomic mass is 9.46. The predicted molar refractivity (Wildman–Crippen MR) is 113 cm³/mol. The van der Waals surface area contributed by atoms with Crippen LogP contribution >= 0.6 is 12.4 Å². The number of carbonyl (C=O) groups is 1. The third-order valence-corrected chi connectivity index (χ3v) is 7.76. The Morgan fingerprint density at radius 3 is 2.71 bits per heavy atom. The number of phenolic OH excluding ortho intramolecular Hbond substituents is 1. The SMILES string of the molecule is C=CC(C)(C)N1CC[C@]23CC(=O)C[C@@H](C)[C@@]2(OC)[C@H]1Cc1ccc(O)cc13.Cl. The summed E-state index contributed by atoms with van der Waals surface area (Å²) in [6.07, 6.45) is 4.79. The van der Waals surface area contributed by atoms with Crippen molar-refractivity contribution in [2.45, 2.75) is 69.1 Å². The molecule has 1 aromatic rings. The maximum Gasteiger partial charge on any atom is 0.134 e. The number of likely N-dealkylation sites (tertiary alicyclic amines) is 1. The fraction of sp³-hybridized carbons (Fsp3) is 0.609. The molecule has 28 heavy (non-hydrogen) atoms. The van der Waals surface area contributed by atoms with Crippen LogP contribution in [0.1, 0.15) is 51.2 Å². The van der Waals surface area contributed by atoms with Gasteiger partial charge in [-0.25, -0.2) is 0 Å². The Balaban J connectivity index is 0.00000225. The standard InChI is InChI=1S/C23H31NO3.ClH/c1-6-21(3,4)24-10-9-22-14-18(26)11-15(2)23(22,27-5)20(24)12-16-7-8-17(25)13-19(16)22;/h6-8,13,15,20,25H,1,9-12,14H2,2-5H3;1H/t15-,20-,22-,23-;/m1./s1. The number of nitrogens with zero attached hydrogens (tertiary/aromatic N) is 1. The molecule has 1 heterocycles. The van der Waals surface area contributed by atoms with Crippen molar-refractivity contribution in [3.8, 4) is 5.75 Å². The first-order valence-electron chi connectivity index (χ1n) is 10.0. The second-order valence-corrected chi connectivity index (χ2v) is 9.26. The van der Waals surface area contributed by atoms with Crippen LogP contribution in [-0.4, -0.2) is 46.6 Å². The van der Waals surface area contributed by atoms with Crippen LogP contribution in [0.25, 0.3) is 0 Å². The number of benzene rings is 1. The minimum atomic E-state index is -0.444. The first-order chi connectivity index (χ1) is 12.7. The van der Waals surface area contributed by atoms with Gasteiger partial charge in [-0.05, 0) is 55.9 Å². The number of piperidine rings is 1. The van der Waals surface area contributed by atoms with Crippen LogP contribution in [-0.2, 0) is 21.4 Å². The van der Waals surface area contributed by atoms with E-state index in [-0.39, 0.29) is 41.1 Å². The summed E-state index contributed by atoms with van der Waals surface area (Å²) in [6.45, 7) is 11.6. The van der Waals surface area contributed by atoms with E-state index < -0.39 is 5.60 Å². The number of phenols is 1. The number of ketones is 1. The normalized spacial score (nSPS) is 34.8. The molecule has 0 spiro atoms. The smallest absolute Gasteiger partial charge is 0.134 e. The molecule has 0 amide bonds. The first-order valence-corrected chi connectivity index (χ1v) is 10.0. The van der Waals surface area contributed by atoms with Gasteiger partial charge in [-0.2, -0.15) is 0 Å². The Labute approximate surface area is 174 Å². The summed E-state index contributed by atoms with van der Waals surface area (Å²) in [5.74, 6) is 0.695. The maximum atomic E-state index is 12.8. The number of hydrogen-bond donors (Lipinski definition) is 1. The Kier molecular flexibility index (Phi) is 5.23. The molecule has 1 saturated heterocycles. The number of ether oxygens (including phenoxy) is 1. The summed E-state index contributed by atoms with van der Waals surface area (Å²) in [6, 6.07) is 5.86. The van der Waals surface area contributed by atoms with E-state index in [1.54, 1.807) is 6.07 Å². The van der Waals surface area contributed by atoms with Gasteiger partial charge in [0.05, 0.1) is 5.60 Å². The van der Waals surface area contributed by atoms with Crippen molar-refractivity contribution in [2.75, 3.05) is 13.7 Å². The molecule has 2 fully saturated rings. The average molecular weight is 406 g/mol. The van der Waals surface area contributed by atoms with Gasteiger partial charge in [0.2, 0.25) is 0 Å². The number of rotatable bonds is 3. The van der Waals surface area contributed by atoms with Crippen molar-refractivity contribution < 1.29 is 14.6 Å². The Morgan fingerprint density at radius 2 is 2.07 bits per heavy atom. The molecule has 0 aromatic heterocycles. The molecular weight excluding hydrogens is 374 g/mol. The van der Waals surface area contributed by atoms with Gasteiger partial charge in [0, 0.05) is 43.5 Å². The molecule has 1 saturated carbocycles. The van der Waals surface area contributed by atoms with Crippen molar-refractivity contribution in [3.05, 3.63) is 42.0 Å². The van der Waals surface area contributed by atoms with Gasteiger partial charge in [-0.1, -0.05) is 19.1 Å². The lowest BCUT2D eigenvalue weighted by Gasteiger charge is -2.68. The number of halogens is 1. The van der Waals surface area contributed by atoms with Crippen LogP contribution in [0.15, 0.2) is 30.9 Å². The monoisotopic (exact) mass is 405 g/mol. The van der Waals surface area contributed by atoms with Gasteiger partial charge in [-0.15, -0.1) is 19.0 Å². The number of methoxy groups -OCH3 is 1. The highest BCUT2D eigenvalue weighted by molar-refractivity contribution is 5.85. The van der Waals surface area contributed by atoms with Crippen molar-refractivity contribution in [2.24, 2.45) is 5.92 Å². The van der Waals surface area contributed by atoms with E-state index in [1.165, 1.54) is 5.56 Å². The van der Waals surface area contributed by atoms with Gasteiger partial charge in [0.25, 0.3) is 0 Å². The lowest BCUT2D eigenvalue weighted by Crippen LogP contribution is -2.78. The van der Waals surface area contributed by atoms with Crippen LogP contribution in [0.2, 0.25) is 0 Å². The summed E-state index contributed by atoms with van der Waals surface area (Å²) in [4.78, 5) is 15.3.